The monoisotopic (exact) mass is 354 g/mol. The number of rotatable bonds is 2. The van der Waals surface area contributed by atoms with Crippen LogP contribution >= 0.6 is 15.9 Å². The summed E-state index contributed by atoms with van der Waals surface area (Å²) in [7, 11) is 0. The van der Waals surface area contributed by atoms with Crippen LogP contribution in [-0.4, -0.2) is 15.0 Å². The molecule has 0 bridgehead atoms. The average molecular weight is 355 g/mol. The molecule has 22 heavy (non-hydrogen) atoms. The van der Waals surface area contributed by atoms with E-state index in [1.807, 2.05) is 22.9 Å². The van der Waals surface area contributed by atoms with E-state index in [0.717, 1.165) is 34.5 Å². The molecule has 0 saturated heterocycles. The van der Waals surface area contributed by atoms with Gasteiger partial charge >= 0.3 is 0 Å². The SMILES string of the molecule is Brc1ccc(-c2nnn3c2CN[C@@H](c2ccccc2)C3)cc1. The van der Waals surface area contributed by atoms with Gasteiger partial charge in [-0.2, -0.15) is 0 Å². The van der Waals surface area contributed by atoms with Crippen molar-refractivity contribution in [3.63, 3.8) is 0 Å². The molecule has 5 heteroatoms. The first-order chi connectivity index (χ1) is 10.8. The first-order valence-corrected chi connectivity index (χ1v) is 8.07. The van der Waals surface area contributed by atoms with Crippen molar-refractivity contribution in [1.29, 1.82) is 0 Å². The number of aromatic nitrogens is 3. The Morgan fingerprint density at radius 1 is 1.05 bits per heavy atom. The molecule has 1 N–H and O–H groups in total. The number of nitrogens with zero attached hydrogens (tertiary/aromatic N) is 3. The molecule has 110 valence electrons. The van der Waals surface area contributed by atoms with Gasteiger partial charge in [-0.1, -0.05) is 63.6 Å². The molecule has 2 heterocycles. The molecule has 1 aliphatic heterocycles. The van der Waals surface area contributed by atoms with Gasteiger partial charge in [-0.25, -0.2) is 4.68 Å². The summed E-state index contributed by atoms with van der Waals surface area (Å²) in [6.45, 7) is 1.58. The van der Waals surface area contributed by atoms with E-state index in [0.29, 0.717) is 0 Å². The van der Waals surface area contributed by atoms with Crippen LogP contribution in [0.3, 0.4) is 0 Å². The highest BCUT2D eigenvalue weighted by molar-refractivity contribution is 9.10. The van der Waals surface area contributed by atoms with E-state index in [2.05, 4.69) is 68.0 Å². The first kappa shape index (κ1) is 13.7. The third kappa shape index (κ3) is 2.46. The van der Waals surface area contributed by atoms with E-state index < -0.39 is 0 Å². The van der Waals surface area contributed by atoms with Gasteiger partial charge in [0.1, 0.15) is 5.69 Å². The molecule has 0 saturated carbocycles. The summed E-state index contributed by atoms with van der Waals surface area (Å²) in [6, 6.07) is 19.0. The molecule has 0 radical (unpaired) electrons. The third-order valence-electron chi connectivity index (χ3n) is 4.03. The second-order valence-electron chi connectivity index (χ2n) is 5.42. The number of nitrogens with one attached hydrogen (secondary N) is 1. The second kappa shape index (κ2) is 5.66. The zero-order chi connectivity index (χ0) is 14.9. The van der Waals surface area contributed by atoms with Crippen molar-refractivity contribution in [3.8, 4) is 11.3 Å². The minimum atomic E-state index is 0.285. The van der Waals surface area contributed by atoms with Gasteiger partial charge in [0.2, 0.25) is 0 Å². The molecule has 0 unspecified atom stereocenters. The third-order valence-corrected chi connectivity index (χ3v) is 4.56. The van der Waals surface area contributed by atoms with E-state index in [1.165, 1.54) is 5.56 Å². The van der Waals surface area contributed by atoms with Gasteiger partial charge in [-0.3, -0.25) is 0 Å². The number of halogens is 1. The van der Waals surface area contributed by atoms with Crippen LogP contribution in [-0.2, 0) is 13.1 Å². The number of benzene rings is 2. The average Bonchev–Trinajstić information content (AvgIpc) is 2.99. The quantitative estimate of drug-likeness (QED) is 0.765. The number of hydrogen-bond acceptors (Lipinski definition) is 3. The largest absolute Gasteiger partial charge is 0.303 e. The normalized spacial score (nSPS) is 17.2. The molecule has 0 spiro atoms. The summed E-state index contributed by atoms with van der Waals surface area (Å²) >= 11 is 3.46. The lowest BCUT2D eigenvalue weighted by atomic mass is 10.0. The molecule has 1 aliphatic rings. The van der Waals surface area contributed by atoms with Crippen molar-refractivity contribution in [3.05, 3.63) is 70.3 Å². The van der Waals surface area contributed by atoms with Gasteiger partial charge < -0.3 is 5.32 Å². The molecule has 0 amide bonds. The maximum Gasteiger partial charge on any atom is 0.117 e. The Morgan fingerprint density at radius 3 is 2.59 bits per heavy atom. The van der Waals surface area contributed by atoms with Crippen LogP contribution in [0.25, 0.3) is 11.3 Å². The van der Waals surface area contributed by atoms with Crippen molar-refractivity contribution in [2.75, 3.05) is 0 Å². The second-order valence-corrected chi connectivity index (χ2v) is 6.33. The smallest absolute Gasteiger partial charge is 0.117 e. The molecule has 1 atom stereocenters. The fourth-order valence-corrected chi connectivity index (χ4v) is 3.12. The summed E-state index contributed by atoms with van der Waals surface area (Å²) < 4.78 is 3.09. The highest BCUT2D eigenvalue weighted by Gasteiger charge is 2.24. The van der Waals surface area contributed by atoms with Crippen LogP contribution in [0.15, 0.2) is 59.1 Å². The van der Waals surface area contributed by atoms with Crippen LogP contribution in [0.1, 0.15) is 17.3 Å². The molecule has 4 nitrogen and oxygen atoms in total. The Hall–Kier alpha value is -1.98. The Morgan fingerprint density at radius 2 is 1.82 bits per heavy atom. The summed E-state index contributed by atoms with van der Waals surface area (Å²) in [5.74, 6) is 0. The van der Waals surface area contributed by atoms with Gasteiger partial charge in [-0.15, -0.1) is 5.10 Å². The standard InChI is InChI=1S/C17H15BrN4/c18-14-8-6-13(7-9-14)17-16-10-19-15(11-22(16)21-20-17)12-4-2-1-3-5-12/h1-9,15,19H,10-11H2/t15-/m1/s1. The van der Waals surface area contributed by atoms with Gasteiger partial charge in [0.15, 0.2) is 0 Å². The van der Waals surface area contributed by atoms with Gasteiger partial charge in [0.25, 0.3) is 0 Å². The highest BCUT2D eigenvalue weighted by Crippen LogP contribution is 2.27. The van der Waals surface area contributed by atoms with Gasteiger partial charge in [-0.05, 0) is 17.7 Å². The van der Waals surface area contributed by atoms with Crippen LogP contribution in [0.4, 0.5) is 0 Å². The van der Waals surface area contributed by atoms with Crippen LogP contribution < -0.4 is 5.32 Å². The zero-order valence-electron chi connectivity index (χ0n) is 11.9. The van der Waals surface area contributed by atoms with Crippen molar-refractivity contribution in [2.45, 2.75) is 19.1 Å². The van der Waals surface area contributed by atoms with Crippen LogP contribution in [0.5, 0.6) is 0 Å². The zero-order valence-corrected chi connectivity index (χ0v) is 13.5. The minimum Gasteiger partial charge on any atom is -0.303 e. The molecular weight excluding hydrogens is 340 g/mol. The Kier molecular flexibility index (Phi) is 3.52. The molecule has 0 fully saturated rings. The number of fused-ring (bicyclic) bond motifs is 1. The molecule has 2 aromatic carbocycles. The maximum absolute atomic E-state index is 4.38. The van der Waals surface area contributed by atoms with Crippen molar-refractivity contribution < 1.29 is 0 Å². The lowest BCUT2D eigenvalue weighted by molar-refractivity contribution is 0.373. The molecule has 0 aliphatic carbocycles. The molecule has 3 aromatic rings. The van der Waals surface area contributed by atoms with Crippen LogP contribution in [0, 0.1) is 0 Å². The summed E-state index contributed by atoms with van der Waals surface area (Å²) in [5.41, 5.74) is 4.50. The lowest BCUT2D eigenvalue weighted by Gasteiger charge is -2.25. The minimum absolute atomic E-state index is 0.285. The summed E-state index contributed by atoms with van der Waals surface area (Å²) in [5, 5.41) is 12.3. The topological polar surface area (TPSA) is 42.7 Å². The van der Waals surface area contributed by atoms with E-state index in [4.69, 9.17) is 0 Å². The molecule has 4 rings (SSSR count). The van der Waals surface area contributed by atoms with E-state index in [-0.39, 0.29) is 6.04 Å². The molecular formula is C17H15BrN4. The van der Waals surface area contributed by atoms with Crippen molar-refractivity contribution in [1.82, 2.24) is 20.3 Å². The highest BCUT2D eigenvalue weighted by atomic mass is 79.9. The predicted octanol–water partition coefficient (Wildman–Crippen LogP) is 3.55. The van der Waals surface area contributed by atoms with Crippen molar-refractivity contribution >= 4 is 15.9 Å². The van der Waals surface area contributed by atoms with Gasteiger partial charge in [0, 0.05) is 16.6 Å². The predicted molar refractivity (Wildman–Crippen MR) is 89.2 cm³/mol. The first-order valence-electron chi connectivity index (χ1n) is 7.28. The van der Waals surface area contributed by atoms with E-state index >= 15 is 0 Å². The number of hydrogen-bond donors (Lipinski definition) is 1. The van der Waals surface area contributed by atoms with E-state index in [1.54, 1.807) is 0 Å². The van der Waals surface area contributed by atoms with Crippen molar-refractivity contribution in [2.24, 2.45) is 0 Å². The Labute approximate surface area is 137 Å². The Bertz CT molecular complexity index is 780. The van der Waals surface area contributed by atoms with Gasteiger partial charge in [0.05, 0.1) is 18.3 Å². The molecule has 1 aromatic heterocycles. The van der Waals surface area contributed by atoms with Crippen LogP contribution in [0.2, 0.25) is 0 Å². The lowest BCUT2D eigenvalue weighted by Crippen LogP contribution is -2.32. The maximum atomic E-state index is 4.38. The van der Waals surface area contributed by atoms with E-state index in [9.17, 15) is 0 Å². The summed E-state index contributed by atoms with van der Waals surface area (Å²) in [4.78, 5) is 0. The summed E-state index contributed by atoms with van der Waals surface area (Å²) in [6.07, 6.45) is 0. The fraction of sp³-hybridized carbons (Fsp3) is 0.176. The fourth-order valence-electron chi connectivity index (χ4n) is 2.85. The Balaban J connectivity index is 1.64.